The van der Waals surface area contributed by atoms with Crippen molar-refractivity contribution in [2.24, 2.45) is 17.6 Å². The summed E-state index contributed by atoms with van der Waals surface area (Å²) in [5.41, 5.74) is 12.1. The number of ketones is 2. The molecule has 0 fully saturated rings. The van der Waals surface area contributed by atoms with Crippen LogP contribution in [0, 0.1) is 23.7 Å². The maximum Gasteiger partial charge on any atom is 0.242 e. The zero-order valence-electron chi connectivity index (χ0n) is 34.0. The number of hydrogen-bond acceptors (Lipinski definition) is 9. The molecule has 5 rings (SSSR count). The van der Waals surface area contributed by atoms with Gasteiger partial charge < -0.3 is 26.3 Å². The van der Waals surface area contributed by atoms with Crippen molar-refractivity contribution in [3.05, 3.63) is 90.1 Å². The Hall–Kier alpha value is -6.11. The fourth-order valence-corrected chi connectivity index (χ4v) is 7.02. The number of carbonyl (C=O) groups excluding carboxylic acids is 6. The lowest BCUT2D eigenvalue weighted by Gasteiger charge is -2.27. The minimum Gasteiger partial charge on any atom is -0.361 e. The topological polar surface area (TPSA) is 215 Å². The van der Waals surface area contributed by atoms with E-state index in [0.29, 0.717) is 25.2 Å². The second-order valence-corrected chi connectivity index (χ2v) is 15.4. The smallest absolute Gasteiger partial charge is 0.242 e. The standard InChI is InChI=1S/C44H55N9O6/c1-29(21-40(55)39(23-33-26-47-38-17-8-7-15-35(33)38)50-44(59)36(45)25-34-27-46-28-48-34)42(57)51-53-20-12-11-19-52(3)18-10-9-16-37(30(2)54)49-43(58)32(24-41(53)56)22-31-13-5-4-6-14-31/h4-8,13-15,17,26-29,32,36-37,39,47H,9-10,16,18-25,45H2,1-3H3,(H,46,48)(H,49,58)(H,50,59)(H,51,57)/t29-,32+,36+,37+,39-/m1/s1. The fourth-order valence-electron chi connectivity index (χ4n) is 7.02. The van der Waals surface area contributed by atoms with E-state index in [4.69, 9.17) is 5.73 Å². The highest BCUT2D eigenvalue weighted by Crippen LogP contribution is 2.21. The third-order valence-corrected chi connectivity index (χ3v) is 10.6. The van der Waals surface area contributed by atoms with Crippen LogP contribution in [0.5, 0.6) is 0 Å². The molecule has 59 heavy (non-hydrogen) atoms. The molecule has 0 saturated heterocycles. The molecule has 3 heterocycles. The van der Waals surface area contributed by atoms with Gasteiger partial charge in [0, 0.05) is 60.6 Å². The van der Waals surface area contributed by atoms with Crippen LogP contribution in [-0.2, 0) is 48.0 Å². The average Bonchev–Trinajstić information content (AvgIpc) is 3.89. The predicted octanol–water partition coefficient (Wildman–Crippen LogP) is 2.39. The summed E-state index contributed by atoms with van der Waals surface area (Å²) in [6.45, 7) is 3.98. The van der Waals surface area contributed by atoms with Gasteiger partial charge >= 0.3 is 0 Å². The Balaban J connectivity index is 1.33. The van der Waals surface area contributed by atoms with Gasteiger partial charge in [0.25, 0.3) is 0 Å². The van der Waals surface area contributed by atoms with E-state index in [1.165, 1.54) is 13.3 Å². The van der Waals surface area contributed by atoms with Crippen molar-refractivity contribution in [1.82, 2.24) is 40.9 Å². The molecule has 2 aromatic carbocycles. The zero-order valence-corrected chi connectivity index (χ0v) is 34.0. The summed E-state index contributed by atoms with van der Waals surface area (Å²) < 4.78 is 0. The van der Waals surface area contributed by atoms with Crippen LogP contribution in [0.2, 0.25) is 0 Å². The van der Waals surface area contributed by atoms with Crippen LogP contribution in [0.15, 0.2) is 73.3 Å². The third-order valence-electron chi connectivity index (χ3n) is 10.6. The van der Waals surface area contributed by atoms with Crippen LogP contribution in [0.3, 0.4) is 0 Å². The molecule has 0 spiro atoms. The minimum atomic E-state index is -1.02. The number of carbonyl (C=O) groups is 6. The van der Waals surface area contributed by atoms with E-state index in [1.807, 2.05) is 66.5 Å². The van der Waals surface area contributed by atoms with Crippen LogP contribution in [0.25, 0.3) is 10.9 Å². The summed E-state index contributed by atoms with van der Waals surface area (Å²) in [5.74, 6) is 1.54. The third kappa shape index (κ3) is 13.2. The second kappa shape index (κ2) is 21.6. The van der Waals surface area contributed by atoms with Gasteiger partial charge in [0.2, 0.25) is 23.6 Å². The molecule has 4 aromatic rings. The number of fused-ring (bicyclic) bond motifs is 1. The number of nitrogens with two attached hydrogens (primary N) is 1. The van der Waals surface area contributed by atoms with Crippen LogP contribution in [0.4, 0.5) is 0 Å². The first-order valence-corrected chi connectivity index (χ1v) is 20.1. The maximum atomic E-state index is 14.1. The number of hydrazine groups is 1. The molecule has 0 radical (unpaired) electrons. The largest absolute Gasteiger partial charge is 0.361 e. The van der Waals surface area contributed by atoms with E-state index >= 15 is 0 Å². The number of benzene rings is 2. The monoisotopic (exact) mass is 805 g/mol. The SMILES string of the molecule is CC(=O)[C@@H]1CCCCN(C)CC#CCN(NC(=O)[C@H](C)CC(=O)[C@@H](Cc2c[nH]c3ccccc23)NC(=O)[C@@H](N)Cc2cnc[nH]2)C(=O)C[C@H](Cc2ccccc2)C(=O)N1. The number of aromatic amines is 2. The summed E-state index contributed by atoms with van der Waals surface area (Å²) >= 11 is 0. The van der Waals surface area contributed by atoms with Crippen LogP contribution < -0.4 is 21.8 Å². The highest BCUT2D eigenvalue weighted by molar-refractivity contribution is 5.95. The first-order valence-electron chi connectivity index (χ1n) is 20.1. The van der Waals surface area contributed by atoms with E-state index in [9.17, 15) is 28.8 Å². The summed E-state index contributed by atoms with van der Waals surface area (Å²) in [6.07, 6.45) is 6.83. The molecular weight excluding hydrogens is 751 g/mol. The molecule has 1 aliphatic rings. The molecule has 5 atom stereocenters. The Labute approximate surface area is 344 Å². The lowest BCUT2D eigenvalue weighted by molar-refractivity contribution is -0.145. The number of H-pyrrole nitrogens is 2. The summed E-state index contributed by atoms with van der Waals surface area (Å²) in [4.78, 5) is 93.8. The van der Waals surface area contributed by atoms with Crippen molar-refractivity contribution in [1.29, 1.82) is 0 Å². The quantitative estimate of drug-likeness (QED) is 0.103. The zero-order chi connectivity index (χ0) is 42.3. The number of rotatable bonds is 14. The molecule has 2 aromatic heterocycles. The van der Waals surface area contributed by atoms with Gasteiger partial charge in [0.15, 0.2) is 11.6 Å². The van der Waals surface area contributed by atoms with Gasteiger partial charge in [-0.2, -0.15) is 0 Å². The highest BCUT2D eigenvalue weighted by Gasteiger charge is 2.31. The Morgan fingerprint density at radius 1 is 0.966 bits per heavy atom. The van der Waals surface area contributed by atoms with Gasteiger partial charge in [-0.3, -0.25) is 39.1 Å². The van der Waals surface area contributed by atoms with Gasteiger partial charge in [0.1, 0.15) is 6.54 Å². The van der Waals surface area contributed by atoms with E-state index < -0.39 is 59.4 Å². The fraction of sp³-hybridized carbons (Fsp3) is 0.432. The Bertz CT molecular complexity index is 2120. The number of nitrogens with one attached hydrogen (secondary N) is 5. The van der Waals surface area contributed by atoms with Crippen molar-refractivity contribution >= 4 is 46.1 Å². The first kappa shape index (κ1) is 44.0. The van der Waals surface area contributed by atoms with E-state index in [1.54, 1.807) is 19.3 Å². The lowest BCUT2D eigenvalue weighted by Crippen LogP contribution is -2.52. The first-order chi connectivity index (χ1) is 28.4. The number of aromatic nitrogens is 3. The van der Waals surface area contributed by atoms with Crippen molar-refractivity contribution in [2.75, 3.05) is 26.7 Å². The Morgan fingerprint density at radius 3 is 2.46 bits per heavy atom. The number of para-hydroxylation sites is 1. The maximum absolute atomic E-state index is 14.1. The molecule has 0 unspecified atom stereocenters. The van der Waals surface area contributed by atoms with Crippen molar-refractivity contribution in [2.45, 2.75) is 83.3 Å². The average molecular weight is 806 g/mol. The number of Topliss-reactive ketones (excluding diaryl/α,β-unsaturated/α-hetero) is 2. The molecular formula is C44H55N9O6. The van der Waals surface area contributed by atoms with Crippen molar-refractivity contribution in [3.63, 3.8) is 0 Å². The van der Waals surface area contributed by atoms with Crippen molar-refractivity contribution in [3.8, 4) is 11.8 Å². The Kier molecular flexibility index (Phi) is 16.1. The molecule has 0 aliphatic carbocycles. The molecule has 4 amide bonds. The van der Waals surface area contributed by atoms with Gasteiger partial charge in [0.05, 0.1) is 36.9 Å². The second-order valence-electron chi connectivity index (χ2n) is 15.4. The van der Waals surface area contributed by atoms with E-state index in [-0.39, 0.29) is 44.4 Å². The van der Waals surface area contributed by atoms with E-state index in [0.717, 1.165) is 39.9 Å². The number of imidazole rings is 1. The molecule has 312 valence electrons. The molecule has 7 N–H and O–H groups in total. The molecule has 1 aliphatic heterocycles. The normalized spacial score (nSPS) is 18.8. The van der Waals surface area contributed by atoms with Crippen molar-refractivity contribution < 1.29 is 28.8 Å². The van der Waals surface area contributed by atoms with Crippen LogP contribution >= 0.6 is 0 Å². The molecule has 0 bridgehead atoms. The van der Waals surface area contributed by atoms with Gasteiger partial charge in [-0.25, -0.2) is 9.99 Å². The van der Waals surface area contributed by atoms with Gasteiger partial charge in [-0.1, -0.05) is 67.3 Å². The lowest BCUT2D eigenvalue weighted by atomic mass is 9.93. The number of nitrogens with zero attached hydrogens (tertiary/aromatic N) is 3. The molecule has 15 nitrogen and oxygen atoms in total. The molecule has 15 heteroatoms. The van der Waals surface area contributed by atoms with Crippen LogP contribution in [0.1, 0.15) is 62.8 Å². The highest BCUT2D eigenvalue weighted by atomic mass is 16.2. The Morgan fingerprint density at radius 2 is 1.71 bits per heavy atom. The summed E-state index contributed by atoms with van der Waals surface area (Å²) in [6, 6.07) is 14.2. The van der Waals surface area contributed by atoms with E-state index in [2.05, 4.69) is 42.9 Å². The van der Waals surface area contributed by atoms with Crippen LogP contribution in [-0.4, -0.2) is 105 Å². The summed E-state index contributed by atoms with van der Waals surface area (Å²) in [7, 11) is 1.92. The number of hydrogen-bond donors (Lipinski definition) is 6. The molecule has 0 saturated carbocycles. The van der Waals surface area contributed by atoms with Gasteiger partial charge in [-0.05, 0) is 63.4 Å². The number of amides is 4. The summed E-state index contributed by atoms with van der Waals surface area (Å²) in [5, 5.41) is 7.70. The van der Waals surface area contributed by atoms with Gasteiger partial charge in [-0.15, -0.1) is 0 Å². The predicted molar refractivity (Wildman–Crippen MR) is 223 cm³/mol. The minimum absolute atomic E-state index is 0.143.